The van der Waals surface area contributed by atoms with E-state index >= 15 is 0 Å². The molecule has 0 saturated carbocycles. The molecule has 0 fully saturated rings. The summed E-state index contributed by atoms with van der Waals surface area (Å²) in [5.41, 5.74) is 6.16. The molecule has 29 heavy (non-hydrogen) atoms. The van der Waals surface area contributed by atoms with E-state index < -0.39 is 25.1 Å². The van der Waals surface area contributed by atoms with Crippen LogP contribution in [0.4, 0.5) is 0 Å². The number of pyridine rings is 1. The summed E-state index contributed by atoms with van der Waals surface area (Å²) < 4.78 is 21.6. The molecule has 3 aromatic rings. The third-order valence-electron chi connectivity index (χ3n) is 5.21. The van der Waals surface area contributed by atoms with Crippen molar-refractivity contribution in [3.63, 3.8) is 0 Å². The molecule has 0 amide bonds. The fourth-order valence-corrected chi connectivity index (χ4v) is 6.93. The maximum atomic E-state index is 9.09. The van der Waals surface area contributed by atoms with E-state index in [4.69, 9.17) is 2.74 Å². The van der Waals surface area contributed by atoms with Gasteiger partial charge in [-0.1, -0.05) is 0 Å². The van der Waals surface area contributed by atoms with Crippen LogP contribution >= 0.6 is 0 Å². The number of nitrogens with zero attached hydrogens (tertiary/aromatic N) is 1. The van der Waals surface area contributed by atoms with E-state index in [0.29, 0.717) is 0 Å². The summed E-state index contributed by atoms with van der Waals surface area (Å²) in [6, 6.07) is 19.2. The Bertz CT molecular complexity index is 1090. The van der Waals surface area contributed by atoms with Crippen LogP contribution < -0.4 is 8.96 Å². The molecule has 0 saturated heterocycles. The van der Waals surface area contributed by atoms with Crippen LogP contribution in [-0.4, -0.2) is 13.3 Å². The quantitative estimate of drug-likeness (QED) is 0.326. The summed E-state index contributed by atoms with van der Waals surface area (Å²) in [6.07, 6.45) is 0.789. The predicted octanol–water partition coefficient (Wildman–Crippen LogP) is 6.29. The average Bonchev–Trinajstić information content (AvgIpc) is 2.67. The molecular formula is C27H36GeN+. The van der Waals surface area contributed by atoms with Gasteiger partial charge in [0.05, 0.1) is 0 Å². The summed E-state index contributed by atoms with van der Waals surface area (Å²) in [5, 5.41) is 0. The van der Waals surface area contributed by atoms with Crippen molar-refractivity contribution in [1.29, 1.82) is 0 Å². The van der Waals surface area contributed by atoms with Crippen LogP contribution in [-0.2, 0) is 13.4 Å². The second-order valence-corrected chi connectivity index (χ2v) is 20.7. The molecule has 2 aromatic carbocycles. The Labute approximate surface area is 183 Å². The first kappa shape index (κ1) is 19.1. The van der Waals surface area contributed by atoms with Crippen LogP contribution in [0.1, 0.15) is 34.6 Å². The Kier molecular flexibility index (Phi) is 5.34. The predicted molar refractivity (Wildman–Crippen MR) is 129 cm³/mol. The number of benzene rings is 2. The number of aryl methyl sites for hydroxylation is 2. The Hall–Kier alpha value is -1.87. The first-order valence-electron chi connectivity index (χ1n) is 11.4. The van der Waals surface area contributed by atoms with Gasteiger partial charge in [0, 0.05) is 0 Å². The van der Waals surface area contributed by atoms with Crippen molar-refractivity contribution in [2.45, 2.75) is 51.3 Å². The monoisotopic (exact) mass is 450 g/mol. The zero-order chi connectivity index (χ0) is 23.2. The van der Waals surface area contributed by atoms with Crippen LogP contribution in [0.25, 0.3) is 22.4 Å². The molecule has 1 nitrogen and oxygen atoms in total. The summed E-state index contributed by atoms with van der Waals surface area (Å²) in [7, 11) is 2.10. The molecule has 1 heterocycles. The summed E-state index contributed by atoms with van der Waals surface area (Å²) >= 11 is -2.32. The zero-order valence-corrected chi connectivity index (χ0v) is 21.3. The molecule has 3 rings (SSSR count). The summed E-state index contributed by atoms with van der Waals surface area (Å²) in [5.74, 6) is 7.04. The minimum absolute atomic E-state index is 0.493. The molecule has 1 aromatic heterocycles. The van der Waals surface area contributed by atoms with E-state index in [0.717, 1.165) is 16.8 Å². The molecule has 0 unspecified atom stereocenters. The van der Waals surface area contributed by atoms with Gasteiger partial charge in [-0.3, -0.25) is 0 Å². The van der Waals surface area contributed by atoms with Gasteiger partial charge >= 0.3 is 183 Å². The Balaban J connectivity index is 2.30. The van der Waals surface area contributed by atoms with Crippen LogP contribution in [0.2, 0.25) is 17.3 Å². The van der Waals surface area contributed by atoms with Crippen molar-refractivity contribution in [3.8, 4) is 22.4 Å². The Morgan fingerprint density at radius 3 is 2.17 bits per heavy atom. The van der Waals surface area contributed by atoms with Gasteiger partial charge in [-0.05, 0) is 0 Å². The second-order valence-electron chi connectivity index (χ2n) is 10.1. The van der Waals surface area contributed by atoms with Crippen molar-refractivity contribution in [2.24, 2.45) is 12.5 Å². The molecule has 0 radical (unpaired) electrons. The van der Waals surface area contributed by atoms with E-state index in [9.17, 15) is 0 Å². The molecule has 0 N–H and O–H groups in total. The van der Waals surface area contributed by atoms with Crippen LogP contribution in [0.15, 0.2) is 60.8 Å². The van der Waals surface area contributed by atoms with Gasteiger partial charge < -0.3 is 0 Å². The molecule has 0 spiro atoms. The molecule has 0 aliphatic heterocycles. The number of rotatable bonds is 4. The normalized spacial score (nSPS) is 13.8. The van der Waals surface area contributed by atoms with Crippen LogP contribution in [0.5, 0.6) is 0 Å². The van der Waals surface area contributed by atoms with E-state index in [-0.39, 0.29) is 0 Å². The van der Waals surface area contributed by atoms with Gasteiger partial charge in [-0.15, -0.1) is 0 Å². The first-order chi connectivity index (χ1) is 14.2. The standard InChI is InChI=1S/C27H36GeN/c1-20-14-15-22(21-12-10-9-11-13-21)16-24(20)26-17-23(18-27(2,3)4)25(19-29(26)8)28(5,6)7/h9-17,19H,18H2,1-8H3/q+1/i18D2. The molecule has 0 atom stereocenters. The number of hydrogen-bond donors (Lipinski definition) is 0. The zero-order valence-electron chi connectivity index (χ0n) is 21.2. The minimum atomic E-state index is -2.32. The average molecular weight is 449 g/mol. The number of aromatic nitrogens is 1. The van der Waals surface area contributed by atoms with E-state index in [1.54, 1.807) is 0 Å². The van der Waals surface area contributed by atoms with Crippen molar-refractivity contribution in [2.75, 3.05) is 0 Å². The van der Waals surface area contributed by atoms with E-state index in [2.05, 4.69) is 90.5 Å². The van der Waals surface area contributed by atoms with Gasteiger partial charge in [-0.2, -0.15) is 0 Å². The van der Waals surface area contributed by atoms with Crippen LogP contribution in [0, 0.1) is 12.3 Å². The number of hydrogen-bond acceptors (Lipinski definition) is 0. The second kappa shape index (κ2) is 8.10. The third kappa shape index (κ3) is 5.19. The molecule has 2 heteroatoms. The van der Waals surface area contributed by atoms with Crippen LogP contribution in [0.3, 0.4) is 0 Å². The molecular weight excluding hydrogens is 411 g/mol. The first-order valence-corrected chi connectivity index (χ1v) is 17.8. The molecule has 0 bridgehead atoms. The van der Waals surface area contributed by atoms with E-state index in [1.165, 1.54) is 21.1 Å². The Morgan fingerprint density at radius 2 is 1.59 bits per heavy atom. The molecule has 0 aliphatic carbocycles. The van der Waals surface area contributed by atoms with Crippen molar-refractivity contribution in [1.82, 2.24) is 0 Å². The third-order valence-corrected chi connectivity index (χ3v) is 9.44. The molecule has 0 aliphatic rings. The maximum absolute atomic E-state index is 9.09. The fraction of sp³-hybridized carbons (Fsp3) is 0.370. The van der Waals surface area contributed by atoms with Gasteiger partial charge in [0.2, 0.25) is 0 Å². The van der Waals surface area contributed by atoms with Gasteiger partial charge in [-0.25, -0.2) is 0 Å². The fourth-order valence-electron chi connectivity index (χ4n) is 3.73. The van der Waals surface area contributed by atoms with Gasteiger partial charge in [0.25, 0.3) is 0 Å². The summed E-state index contributed by atoms with van der Waals surface area (Å²) in [6.45, 7) is 8.14. The van der Waals surface area contributed by atoms with Crippen molar-refractivity contribution < 1.29 is 7.31 Å². The summed E-state index contributed by atoms with van der Waals surface area (Å²) in [4.78, 5) is 0. The SMILES string of the molecule is [2H]C([2H])(c1cc(-c2cc(-c3ccccc3)ccc2C)[n+](C)c[c]1[Ge]([CH3])([CH3])[CH3])C(C)(C)C. The van der Waals surface area contributed by atoms with Crippen molar-refractivity contribution >= 4 is 17.7 Å². The Morgan fingerprint density at radius 1 is 0.931 bits per heavy atom. The van der Waals surface area contributed by atoms with Gasteiger partial charge in [0.15, 0.2) is 0 Å². The molecule has 152 valence electrons. The topological polar surface area (TPSA) is 3.88 Å². The van der Waals surface area contributed by atoms with E-state index in [1.807, 2.05) is 26.8 Å². The van der Waals surface area contributed by atoms with Gasteiger partial charge in [0.1, 0.15) is 0 Å². The van der Waals surface area contributed by atoms with Crippen molar-refractivity contribution in [3.05, 3.63) is 71.9 Å².